The maximum atomic E-state index is 11.8. The number of rotatable bonds is 7. The first-order valence-electron chi connectivity index (χ1n) is 6.25. The summed E-state index contributed by atoms with van der Waals surface area (Å²) in [7, 11) is 1.40. The number of anilines is 1. The lowest BCUT2D eigenvalue weighted by Gasteiger charge is -2.26. The van der Waals surface area contributed by atoms with Crippen molar-refractivity contribution >= 4 is 22.6 Å². The Kier molecular flexibility index (Phi) is 5.53. The number of aryl methyl sites for hydroxylation is 1. The lowest BCUT2D eigenvalue weighted by Crippen LogP contribution is -2.44. The zero-order valence-corrected chi connectivity index (χ0v) is 12.3. The molecule has 1 atom stereocenters. The number of hydrogen-bond donors (Lipinski definition) is 1. The van der Waals surface area contributed by atoms with Crippen LogP contribution in [0.2, 0.25) is 0 Å². The van der Waals surface area contributed by atoms with Crippen molar-refractivity contribution in [3.05, 3.63) is 5.82 Å². The minimum Gasteiger partial charge on any atom is -0.467 e. The Bertz CT molecular complexity index is 394. The molecule has 18 heavy (non-hydrogen) atoms. The van der Waals surface area contributed by atoms with E-state index in [1.54, 1.807) is 0 Å². The van der Waals surface area contributed by atoms with E-state index in [0.29, 0.717) is 11.6 Å². The van der Waals surface area contributed by atoms with Gasteiger partial charge in [0.2, 0.25) is 5.13 Å². The molecular weight excluding hydrogens is 250 g/mol. The third-order valence-electron chi connectivity index (χ3n) is 2.71. The van der Waals surface area contributed by atoms with E-state index in [1.807, 2.05) is 13.8 Å². The molecule has 5 nitrogen and oxygen atoms in total. The molecule has 1 N–H and O–H groups in total. The first kappa shape index (κ1) is 14.9. The largest absolute Gasteiger partial charge is 0.467 e. The van der Waals surface area contributed by atoms with Crippen LogP contribution in [0.15, 0.2) is 0 Å². The van der Waals surface area contributed by atoms with Crippen molar-refractivity contribution in [1.82, 2.24) is 9.36 Å². The summed E-state index contributed by atoms with van der Waals surface area (Å²) < 4.78 is 9.10. The summed E-state index contributed by atoms with van der Waals surface area (Å²) in [5.74, 6) is 0.560. The van der Waals surface area contributed by atoms with E-state index >= 15 is 0 Å². The van der Waals surface area contributed by atoms with E-state index in [9.17, 15) is 4.79 Å². The number of hydrogen-bond acceptors (Lipinski definition) is 6. The van der Waals surface area contributed by atoms with Gasteiger partial charge in [-0.05, 0) is 19.8 Å². The molecule has 102 valence electrons. The van der Waals surface area contributed by atoms with E-state index in [1.165, 1.54) is 18.6 Å². The van der Waals surface area contributed by atoms with Crippen LogP contribution in [0.3, 0.4) is 0 Å². The topological polar surface area (TPSA) is 64.1 Å². The van der Waals surface area contributed by atoms with Crippen molar-refractivity contribution in [1.29, 1.82) is 0 Å². The molecule has 1 rings (SSSR count). The van der Waals surface area contributed by atoms with Gasteiger partial charge < -0.3 is 10.1 Å². The standard InChI is InChI=1S/C12H21N3O2S/c1-5-7-9-13-11(18-15-9)14-12(3,8-6-2)10(16)17-4/h5-8H2,1-4H3,(H,13,14,15). The first-order chi connectivity index (χ1) is 8.55. The number of ether oxygens (including phenoxy) is 1. The van der Waals surface area contributed by atoms with Gasteiger partial charge in [0.05, 0.1) is 7.11 Å². The van der Waals surface area contributed by atoms with Crippen molar-refractivity contribution in [3.8, 4) is 0 Å². The van der Waals surface area contributed by atoms with Crippen LogP contribution < -0.4 is 5.32 Å². The predicted octanol–water partition coefficient (Wildman–Crippen LogP) is 2.63. The minimum atomic E-state index is -0.730. The maximum absolute atomic E-state index is 11.8. The average Bonchev–Trinajstić information content (AvgIpc) is 2.76. The Morgan fingerprint density at radius 3 is 2.72 bits per heavy atom. The van der Waals surface area contributed by atoms with Crippen molar-refractivity contribution in [2.24, 2.45) is 0 Å². The van der Waals surface area contributed by atoms with Gasteiger partial charge in [-0.25, -0.2) is 9.78 Å². The zero-order valence-electron chi connectivity index (χ0n) is 11.4. The molecule has 0 aliphatic carbocycles. The number of esters is 1. The molecule has 0 saturated heterocycles. The Hall–Kier alpha value is -1.17. The normalized spacial score (nSPS) is 14.0. The lowest BCUT2D eigenvalue weighted by molar-refractivity contribution is -0.145. The van der Waals surface area contributed by atoms with Gasteiger partial charge in [0.15, 0.2) is 0 Å². The fourth-order valence-corrected chi connectivity index (χ4v) is 2.55. The lowest BCUT2D eigenvalue weighted by atomic mass is 9.97. The quantitative estimate of drug-likeness (QED) is 0.772. The Labute approximate surface area is 112 Å². The molecule has 0 saturated carbocycles. The predicted molar refractivity (Wildman–Crippen MR) is 72.9 cm³/mol. The molecule has 0 aliphatic rings. The van der Waals surface area contributed by atoms with Crippen molar-refractivity contribution < 1.29 is 9.53 Å². The molecule has 0 spiro atoms. The fraction of sp³-hybridized carbons (Fsp3) is 0.750. The van der Waals surface area contributed by atoms with Gasteiger partial charge in [0.1, 0.15) is 11.4 Å². The number of nitrogens with zero attached hydrogens (tertiary/aromatic N) is 2. The van der Waals surface area contributed by atoms with Gasteiger partial charge in [0, 0.05) is 18.0 Å². The second kappa shape index (κ2) is 6.68. The van der Waals surface area contributed by atoms with Gasteiger partial charge >= 0.3 is 5.97 Å². The van der Waals surface area contributed by atoms with Gasteiger partial charge in [-0.2, -0.15) is 4.37 Å². The van der Waals surface area contributed by atoms with E-state index in [0.717, 1.165) is 25.1 Å². The number of nitrogens with one attached hydrogen (secondary N) is 1. The Morgan fingerprint density at radius 1 is 1.44 bits per heavy atom. The number of carbonyl (C=O) groups excluding carboxylic acids is 1. The second-order valence-electron chi connectivity index (χ2n) is 4.46. The summed E-state index contributed by atoms with van der Waals surface area (Å²) in [5, 5.41) is 3.84. The molecule has 6 heteroatoms. The third kappa shape index (κ3) is 3.66. The van der Waals surface area contributed by atoms with Gasteiger partial charge in [-0.15, -0.1) is 0 Å². The molecular formula is C12H21N3O2S. The monoisotopic (exact) mass is 271 g/mol. The summed E-state index contributed by atoms with van der Waals surface area (Å²) in [6.07, 6.45) is 3.46. The number of methoxy groups -OCH3 is 1. The highest BCUT2D eigenvalue weighted by molar-refractivity contribution is 7.09. The van der Waals surface area contributed by atoms with Crippen LogP contribution in [0.1, 0.15) is 45.9 Å². The molecule has 0 aromatic carbocycles. The number of carbonyl (C=O) groups is 1. The van der Waals surface area contributed by atoms with Crippen LogP contribution in [0.4, 0.5) is 5.13 Å². The highest BCUT2D eigenvalue weighted by Gasteiger charge is 2.34. The van der Waals surface area contributed by atoms with Crippen LogP contribution in [0.5, 0.6) is 0 Å². The van der Waals surface area contributed by atoms with Gasteiger partial charge in [0.25, 0.3) is 0 Å². The van der Waals surface area contributed by atoms with Crippen LogP contribution in [0.25, 0.3) is 0 Å². The maximum Gasteiger partial charge on any atom is 0.331 e. The Balaban J connectivity index is 2.79. The van der Waals surface area contributed by atoms with Crippen LogP contribution in [0, 0.1) is 0 Å². The van der Waals surface area contributed by atoms with E-state index in [4.69, 9.17) is 4.74 Å². The summed E-state index contributed by atoms with van der Waals surface area (Å²) in [6, 6.07) is 0. The highest BCUT2D eigenvalue weighted by Crippen LogP contribution is 2.23. The van der Waals surface area contributed by atoms with Crippen molar-refractivity contribution in [2.75, 3.05) is 12.4 Å². The summed E-state index contributed by atoms with van der Waals surface area (Å²) in [6.45, 7) is 5.96. The molecule has 1 heterocycles. The smallest absolute Gasteiger partial charge is 0.331 e. The van der Waals surface area contributed by atoms with Crippen LogP contribution in [-0.4, -0.2) is 28.0 Å². The Morgan fingerprint density at radius 2 is 2.17 bits per heavy atom. The van der Waals surface area contributed by atoms with Crippen molar-refractivity contribution in [2.45, 2.75) is 52.0 Å². The molecule has 1 unspecified atom stereocenters. The van der Waals surface area contributed by atoms with E-state index < -0.39 is 5.54 Å². The average molecular weight is 271 g/mol. The van der Waals surface area contributed by atoms with Crippen molar-refractivity contribution in [3.63, 3.8) is 0 Å². The zero-order chi connectivity index (χ0) is 13.6. The van der Waals surface area contributed by atoms with Crippen LogP contribution >= 0.6 is 11.5 Å². The summed E-state index contributed by atoms with van der Waals surface area (Å²) >= 11 is 1.29. The molecule has 0 fully saturated rings. The summed E-state index contributed by atoms with van der Waals surface area (Å²) in [4.78, 5) is 16.2. The molecule has 0 radical (unpaired) electrons. The van der Waals surface area contributed by atoms with E-state index in [-0.39, 0.29) is 5.97 Å². The van der Waals surface area contributed by atoms with Crippen LogP contribution in [-0.2, 0) is 16.0 Å². The highest BCUT2D eigenvalue weighted by atomic mass is 32.1. The second-order valence-corrected chi connectivity index (χ2v) is 5.22. The minimum absolute atomic E-state index is 0.267. The molecule has 0 bridgehead atoms. The third-order valence-corrected chi connectivity index (χ3v) is 3.38. The van der Waals surface area contributed by atoms with E-state index in [2.05, 4.69) is 21.6 Å². The fourth-order valence-electron chi connectivity index (χ4n) is 1.81. The first-order valence-corrected chi connectivity index (χ1v) is 7.02. The molecule has 0 aliphatic heterocycles. The molecule has 1 aromatic rings. The summed E-state index contributed by atoms with van der Waals surface area (Å²) in [5.41, 5.74) is -0.730. The SMILES string of the molecule is CCCc1nsc(NC(C)(CCC)C(=O)OC)n1. The van der Waals surface area contributed by atoms with Gasteiger partial charge in [-0.1, -0.05) is 20.3 Å². The number of aromatic nitrogens is 2. The molecule has 1 aromatic heterocycles. The molecule has 0 amide bonds. The van der Waals surface area contributed by atoms with Gasteiger partial charge in [-0.3, -0.25) is 0 Å².